The molecule has 2 unspecified atom stereocenters. The monoisotopic (exact) mass is 559 g/mol. The average Bonchev–Trinajstić information content (AvgIpc) is 3.55. The van der Waals surface area contributed by atoms with Crippen LogP contribution < -0.4 is 14.5 Å². The molecule has 0 saturated carbocycles. The number of carbonyl (C=O) groups excluding carboxylic acids is 1. The zero-order valence-corrected chi connectivity index (χ0v) is 23.4. The number of carbonyl (C=O) groups is 1. The quantitative estimate of drug-likeness (QED) is 0.345. The predicted octanol–water partition coefficient (Wildman–Crippen LogP) is 3.53. The molecule has 2 aliphatic rings. The Morgan fingerprint density at radius 3 is 2.49 bits per heavy atom. The van der Waals surface area contributed by atoms with Crippen LogP contribution in [0.4, 0.5) is 16.6 Å². The molecule has 41 heavy (non-hydrogen) atoms. The fourth-order valence-electron chi connectivity index (χ4n) is 5.19. The molecule has 0 N–H and O–H groups in total. The highest BCUT2D eigenvalue weighted by Crippen LogP contribution is 2.32. The van der Waals surface area contributed by atoms with E-state index >= 15 is 0 Å². The number of nitrogens with zero attached hydrogens (tertiary/aromatic N) is 7. The minimum Gasteiger partial charge on any atom is -0.496 e. The smallest absolute Gasteiger partial charge is 0.419 e. The van der Waals surface area contributed by atoms with E-state index in [0.717, 1.165) is 29.0 Å². The molecule has 12 heteroatoms. The number of pyridine rings is 1. The van der Waals surface area contributed by atoms with Crippen molar-refractivity contribution in [3.05, 3.63) is 54.6 Å². The van der Waals surface area contributed by atoms with Crippen molar-refractivity contribution in [1.29, 1.82) is 0 Å². The van der Waals surface area contributed by atoms with Crippen LogP contribution in [-0.2, 0) is 20.8 Å². The summed E-state index contributed by atoms with van der Waals surface area (Å²) in [5, 5.41) is 0.884. The molecule has 0 bridgehead atoms. The molecule has 4 aromatic rings. The number of fused-ring (bicyclic) bond motifs is 1. The SMILES string of the molecule is COc1ccc(-c2ccc3c(N4CCOCC4C)nc(N4CCOCC4C)nc3n2)cc1COC(=O)n1ccnc1. The minimum absolute atomic E-state index is 0.0297. The van der Waals surface area contributed by atoms with Crippen molar-refractivity contribution in [1.82, 2.24) is 24.5 Å². The molecule has 3 aromatic heterocycles. The van der Waals surface area contributed by atoms with Gasteiger partial charge in [-0.25, -0.2) is 19.3 Å². The molecular weight excluding hydrogens is 526 g/mol. The average molecular weight is 560 g/mol. The highest BCUT2D eigenvalue weighted by atomic mass is 16.6. The van der Waals surface area contributed by atoms with E-state index < -0.39 is 6.09 Å². The Bertz CT molecular complexity index is 1530. The lowest BCUT2D eigenvalue weighted by Gasteiger charge is -2.37. The number of morpholine rings is 2. The highest BCUT2D eigenvalue weighted by Gasteiger charge is 2.27. The third-order valence-corrected chi connectivity index (χ3v) is 7.43. The van der Waals surface area contributed by atoms with Gasteiger partial charge in [-0.05, 0) is 44.2 Å². The fraction of sp³-hybridized carbons (Fsp3) is 0.414. The lowest BCUT2D eigenvalue weighted by atomic mass is 10.1. The third-order valence-electron chi connectivity index (χ3n) is 7.43. The van der Waals surface area contributed by atoms with Crippen LogP contribution in [0.5, 0.6) is 5.75 Å². The van der Waals surface area contributed by atoms with Crippen molar-refractivity contribution in [2.75, 3.05) is 56.4 Å². The molecule has 2 saturated heterocycles. The van der Waals surface area contributed by atoms with Crippen molar-refractivity contribution in [3.8, 4) is 17.0 Å². The number of hydrogen-bond acceptors (Lipinski definition) is 11. The molecule has 214 valence electrons. The van der Waals surface area contributed by atoms with E-state index in [1.54, 1.807) is 7.11 Å². The second kappa shape index (κ2) is 11.7. The molecule has 6 rings (SSSR count). The van der Waals surface area contributed by atoms with E-state index in [2.05, 4.69) is 28.6 Å². The van der Waals surface area contributed by atoms with Gasteiger partial charge in [0.15, 0.2) is 5.65 Å². The van der Waals surface area contributed by atoms with Gasteiger partial charge in [-0.15, -0.1) is 0 Å². The summed E-state index contributed by atoms with van der Waals surface area (Å²) in [5.41, 5.74) is 2.92. The van der Waals surface area contributed by atoms with Crippen LogP contribution in [-0.4, -0.2) is 89.3 Å². The van der Waals surface area contributed by atoms with Gasteiger partial charge in [0, 0.05) is 36.6 Å². The second-order valence-corrected chi connectivity index (χ2v) is 10.2. The molecule has 2 fully saturated rings. The standard InChI is InChI=1S/C29H33N7O5/c1-19-15-39-12-10-35(19)27-23-5-6-24(31-26(23)32-28(33-27)36-11-13-40-16-20(36)2)21-4-7-25(38-3)22(14-21)17-41-29(37)34-9-8-30-18-34/h4-9,14,18-20H,10-13,15-17H2,1-3H3. The molecule has 0 aliphatic carbocycles. The summed E-state index contributed by atoms with van der Waals surface area (Å²) >= 11 is 0. The van der Waals surface area contributed by atoms with Gasteiger partial charge in [0.05, 0.1) is 56.7 Å². The lowest BCUT2D eigenvalue weighted by Crippen LogP contribution is -2.46. The topological polar surface area (TPSA) is 117 Å². The Labute approximate surface area is 237 Å². The molecule has 2 aliphatic heterocycles. The van der Waals surface area contributed by atoms with E-state index in [-0.39, 0.29) is 18.7 Å². The maximum Gasteiger partial charge on any atom is 0.419 e. The first-order valence-electron chi connectivity index (χ1n) is 13.7. The zero-order valence-electron chi connectivity index (χ0n) is 23.4. The number of ether oxygens (including phenoxy) is 4. The number of rotatable bonds is 6. The first-order valence-corrected chi connectivity index (χ1v) is 13.7. The van der Waals surface area contributed by atoms with Crippen LogP contribution in [0.3, 0.4) is 0 Å². The van der Waals surface area contributed by atoms with E-state index in [1.807, 2.05) is 30.3 Å². The second-order valence-electron chi connectivity index (χ2n) is 10.2. The molecule has 0 radical (unpaired) electrons. The highest BCUT2D eigenvalue weighted by molar-refractivity contribution is 5.90. The Morgan fingerprint density at radius 1 is 1.00 bits per heavy atom. The number of anilines is 2. The van der Waals surface area contributed by atoms with Gasteiger partial charge < -0.3 is 28.7 Å². The van der Waals surface area contributed by atoms with Crippen molar-refractivity contribution < 1.29 is 23.7 Å². The lowest BCUT2D eigenvalue weighted by molar-refractivity contribution is 0.0973. The van der Waals surface area contributed by atoms with Gasteiger partial charge in [0.1, 0.15) is 24.5 Å². The fourth-order valence-corrected chi connectivity index (χ4v) is 5.19. The number of aromatic nitrogens is 5. The van der Waals surface area contributed by atoms with E-state index in [0.29, 0.717) is 55.9 Å². The molecule has 0 amide bonds. The van der Waals surface area contributed by atoms with Gasteiger partial charge in [-0.2, -0.15) is 9.97 Å². The number of methoxy groups -OCH3 is 1. The Morgan fingerprint density at radius 2 is 1.78 bits per heavy atom. The van der Waals surface area contributed by atoms with Crippen LogP contribution in [0, 0.1) is 0 Å². The first-order chi connectivity index (χ1) is 20.0. The normalized spacial score (nSPS) is 19.4. The summed E-state index contributed by atoms with van der Waals surface area (Å²) in [5.74, 6) is 2.12. The summed E-state index contributed by atoms with van der Waals surface area (Å²) in [6, 6.07) is 10.0. The largest absolute Gasteiger partial charge is 0.496 e. The van der Waals surface area contributed by atoms with Crippen LogP contribution in [0.2, 0.25) is 0 Å². The summed E-state index contributed by atoms with van der Waals surface area (Å²) in [6.45, 7) is 8.28. The summed E-state index contributed by atoms with van der Waals surface area (Å²) in [6.07, 6.45) is 3.93. The van der Waals surface area contributed by atoms with Crippen molar-refractivity contribution >= 4 is 28.9 Å². The van der Waals surface area contributed by atoms with Gasteiger partial charge >= 0.3 is 6.09 Å². The zero-order chi connectivity index (χ0) is 28.3. The molecular formula is C29H33N7O5. The number of imidazole rings is 1. The predicted molar refractivity (Wildman–Crippen MR) is 152 cm³/mol. The van der Waals surface area contributed by atoms with Crippen LogP contribution >= 0.6 is 0 Å². The van der Waals surface area contributed by atoms with E-state index in [9.17, 15) is 4.79 Å². The van der Waals surface area contributed by atoms with Gasteiger partial charge in [-0.1, -0.05) is 0 Å². The van der Waals surface area contributed by atoms with Crippen molar-refractivity contribution in [2.45, 2.75) is 32.5 Å². The Hall–Kier alpha value is -4.29. The summed E-state index contributed by atoms with van der Waals surface area (Å²) < 4.78 is 23.7. The first kappa shape index (κ1) is 26.9. The van der Waals surface area contributed by atoms with Crippen LogP contribution in [0.1, 0.15) is 19.4 Å². The molecule has 2 atom stereocenters. The Balaban J connectivity index is 1.37. The maximum absolute atomic E-state index is 12.4. The van der Waals surface area contributed by atoms with E-state index in [1.165, 1.54) is 23.3 Å². The molecule has 1 aromatic carbocycles. The van der Waals surface area contributed by atoms with Gasteiger partial charge in [-0.3, -0.25) is 0 Å². The number of hydrogen-bond donors (Lipinski definition) is 0. The Kier molecular flexibility index (Phi) is 7.66. The number of benzene rings is 1. The molecule has 12 nitrogen and oxygen atoms in total. The maximum atomic E-state index is 12.4. The van der Waals surface area contributed by atoms with Gasteiger partial charge in [0.25, 0.3) is 0 Å². The van der Waals surface area contributed by atoms with Gasteiger partial charge in [0.2, 0.25) is 5.95 Å². The summed E-state index contributed by atoms with van der Waals surface area (Å²) in [4.78, 5) is 35.7. The van der Waals surface area contributed by atoms with Crippen LogP contribution in [0.25, 0.3) is 22.3 Å². The summed E-state index contributed by atoms with van der Waals surface area (Å²) in [7, 11) is 1.59. The molecule has 5 heterocycles. The third kappa shape index (κ3) is 5.52. The van der Waals surface area contributed by atoms with E-state index in [4.69, 9.17) is 33.9 Å². The van der Waals surface area contributed by atoms with Crippen molar-refractivity contribution in [2.24, 2.45) is 0 Å². The minimum atomic E-state index is -0.523. The van der Waals surface area contributed by atoms with Crippen molar-refractivity contribution in [3.63, 3.8) is 0 Å². The molecule has 0 spiro atoms. The van der Waals surface area contributed by atoms with Crippen LogP contribution in [0.15, 0.2) is 49.1 Å².